The molecule has 2 aromatic rings. The van der Waals surface area contributed by atoms with Crippen LogP contribution in [0.5, 0.6) is 0 Å². The van der Waals surface area contributed by atoms with E-state index in [1.807, 2.05) is 49.4 Å². The molecule has 0 spiro atoms. The summed E-state index contributed by atoms with van der Waals surface area (Å²) in [5, 5.41) is 13.0. The molecule has 0 aromatic heterocycles. The Morgan fingerprint density at radius 3 is 2.38 bits per heavy atom. The Morgan fingerprint density at radius 2 is 1.79 bits per heavy atom. The quantitative estimate of drug-likeness (QED) is 0.770. The van der Waals surface area contributed by atoms with Crippen LogP contribution in [-0.2, 0) is 17.3 Å². The average molecular weight is 349 g/mol. The topological polar surface area (TPSA) is 49.3 Å². The van der Waals surface area contributed by atoms with E-state index in [1.165, 1.54) is 0 Å². The summed E-state index contributed by atoms with van der Waals surface area (Å²) < 4.78 is 26.2. The molecule has 1 unspecified atom stereocenters. The van der Waals surface area contributed by atoms with Gasteiger partial charge in [-0.2, -0.15) is 0 Å². The maximum Gasteiger partial charge on any atom is 0.121 e. The number of halogens is 1. The van der Waals surface area contributed by atoms with Gasteiger partial charge in [0, 0.05) is 18.0 Å². The van der Waals surface area contributed by atoms with Crippen LogP contribution >= 0.6 is 0 Å². The van der Waals surface area contributed by atoms with Gasteiger partial charge in [-0.25, -0.2) is 4.39 Å². The molecule has 130 valence electrons. The van der Waals surface area contributed by atoms with Gasteiger partial charge in [0.15, 0.2) is 0 Å². The molecule has 2 rings (SSSR count). The SMILES string of the molecule is Cc1ccc(S(=O)[C@@H](C)[C@@](O)(CF)CNCc2ccccc2)cc1. The molecule has 3 nitrogen and oxygen atoms in total. The fourth-order valence-corrected chi connectivity index (χ4v) is 3.75. The lowest BCUT2D eigenvalue weighted by atomic mass is 10.0. The zero-order chi connectivity index (χ0) is 17.6. The van der Waals surface area contributed by atoms with Gasteiger partial charge in [0.1, 0.15) is 12.3 Å². The van der Waals surface area contributed by atoms with E-state index in [1.54, 1.807) is 19.1 Å². The number of aryl methyl sites for hydroxylation is 1. The molecule has 0 aliphatic rings. The van der Waals surface area contributed by atoms with Gasteiger partial charge in [-0.05, 0) is 31.5 Å². The number of hydrogen-bond acceptors (Lipinski definition) is 3. The van der Waals surface area contributed by atoms with Crippen LogP contribution in [0.15, 0.2) is 59.5 Å². The Morgan fingerprint density at radius 1 is 1.17 bits per heavy atom. The molecule has 0 aliphatic heterocycles. The molecule has 0 fully saturated rings. The minimum absolute atomic E-state index is 0.0389. The largest absolute Gasteiger partial charge is 0.385 e. The zero-order valence-electron chi connectivity index (χ0n) is 14.0. The summed E-state index contributed by atoms with van der Waals surface area (Å²) in [7, 11) is -1.48. The molecule has 0 saturated heterocycles. The van der Waals surface area contributed by atoms with Crippen LogP contribution in [-0.4, -0.2) is 33.4 Å². The van der Waals surface area contributed by atoms with Crippen molar-refractivity contribution in [3.63, 3.8) is 0 Å². The van der Waals surface area contributed by atoms with Crippen LogP contribution in [0.1, 0.15) is 18.1 Å². The van der Waals surface area contributed by atoms with Gasteiger partial charge in [-0.1, -0.05) is 48.0 Å². The molecule has 0 aliphatic carbocycles. The van der Waals surface area contributed by atoms with E-state index in [0.717, 1.165) is 11.1 Å². The van der Waals surface area contributed by atoms with Crippen LogP contribution < -0.4 is 5.32 Å². The molecule has 24 heavy (non-hydrogen) atoms. The lowest BCUT2D eigenvalue weighted by Gasteiger charge is -2.31. The van der Waals surface area contributed by atoms with Gasteiger partial charge in [0.2, 0.25) is 0 Å². The molecule has 3 atom stereocenters. The van der Waals surface area contributed by atoms with Crippen molar-refractivity contribution in [3.05, 3.63) is 65.7 Å². The molecule has 0 bridgehead atoms. The lowest BCUT2D eigenvalue weighted by Crippen LogP contribution is -2.52. The predicted octanol–water partition coefficient (Wildman–Crippen LogP) is 2.98. The van der Waals surface area contributed by atoms with Gasteiger partial charge in [-0.3, -0.25) is 4.21 Å². The second kappa shape index (κ2) is 8.51. The summed E-state index contributed by atoms with van der Waals surface area (Å²) in [5.74, 6) is 0. The third kappa shape index (κ3) is 4.72. The Bertz CT molecular complexity index is 663. The summed E-state index contributed by atoms with van der Waals surface area (Å²) in [6.45, 7) is 3.18. The molecule has 5 heteroatoms. The number of benzene rings is 2. The summed E-state index contributed by atoms with van der Waals surface area (Å²) in [4.78, 5) is 0.600. The van der Waals surface area contributed by atoms with Crippen molar-refractivity contribution < 1.29 is 13.7 Å². The van der Waals surface area contributed by atoms with Crippen molar-refractivity contribution in [2.75, 3.05) is 13.2 Å². The highest BCUT2D eigenvalue weighted by atomic mass is 32.2. The third-order valence-corrected chi connectivity index (χ3v) is 5.98. The van der Waals surface area contributed by atoms with Crippen LogP contribution in [0.2, 0.25) is 0 Å². The normalized spacial score (nSPS) is 16.3. The van der Waals surface area contributed by atoms with Crippen molar-refractivity contribution in [1.82, 2.24) is 5.32 Å². The number of hydrogen-bond donors (Lipinski definition) is 2. The highest BCUT2D eigenvalue weighted by molar-refractivity contribution is 7.85. The smallest absolute Gasteiger partial charge is 0.121 e. The minimum atomic E-state index is -1.68. The number of nitrogens with one attached hydrogen (secondary N) is 1. The molecular formula is C19H24FNO2S. The first-order chi connectivity index (χ1) is 11.5. The number of aliphatic hydroxyl groups is 1. The summed E-state index contributed by atoms with van der Waals surface area (Å²) in [6.07, 6.45) is 0. The number of rotatable bonds is 8. The van der Waals surface area contributed by atoms with Crippen LogP contribution in [0, 0.1) is 6.92 Å². The highest BCUT2D eigenvalue weighted by Crippen LogP contribution is 2.22. The summed E-state index contributed by atoms with van der Waals surface area (Å²) >= 11 is 0. The van der Waals surface area contributed by atoms with Crippen molar-refractivity contribution in [3.8, 4) is 0 Å². The predicted molar refractivity (Wildman–Crippen MR) is 96.1 cm³/mol. The van der Waals surface area contributed by atoms with E-state index in [0.29, 0.717) is 11.4 Å². The van der Waals surface area contributed by atoms with Gasteiger partial charge < -0.3 is 10.4 Å². The van der Waals surface area contributed by atoms with E-state index >= 15 is 0 Å². The van der Waals surface area contributed by atoms with Gasteiger partial charge in [0.25, 0.3) is 0 Å². The Hall–Kier alpha value is -1.56. The first-order valence-electron chi connectivity index (χ1n) is 7.96. The van der Waals surface area contributed by atoms with Crippen molar-refractivity contribution in [2.45, 2.75) is 36.1 Å². The molecule has 0 saturated carbocycles. The molecular weight excluding hydrogens is 325 g/mol. The lowest BCUT2D eigenvalue weighted by molar-refractivity contribution is 0.0163. The molecule has 0 heterocycles. The van der Waals surface area contributed by atoms with E-state index in [4.69, 9.17) is 0 Å². The minimum Gasteiger partial charge on any atom is -0.385 e. The third-order valence-electron chi connectivity index (χ3n) is 4.17. The molecule has 0 amide bonds. The van der Waals surface area contributed by atoms with E-state index < -0.39 is 28.3 Å². The maximum atomic E-state index is 13.5. The van der Waals surface area contributed by atoms with Gasteiger partial charge in [-0.15, -0.1) is 0 Å². The van der Waals surface area contributed by atoms with Crippen molar-refractivity contribution in [2.24, 2.45) is 0 Å². The Labute approximate surface area is 145 Å². The zero-order valence-corrected chi connectivity index (χ0v) is 14.9. The van der Waals surface area contributed by atoms with E-state index in [-0.39, 0.29) is 6.54 Å². The highest BCUT2D eigenvalue weighted by Gasteiger charge is 2.38. The Balaban J connectivity index is 2.01. The first kappa shape index (κ1) is 18.8. The average Bonchev–Trinajstić information content (AvgIpc) is 2.62. The van der Waals surface area contributed by atoms with Crippen LogP contribution in [0.25, 0.3) is 0 Å². The second-order valence-electron chi connectivity index (χ2n) is 6.08. The van der Waals surface area contributed by atoms with Crippen LogP contribution in [0.3, 0.4) is 0 Å². The maximum absolute atomic E-state index is 13.5. The summed E-state index contributed by atoms with van der Waals surface area (Å²) in [5.41, 5.74) is 0.435. The summed E-state index contributed by atoms with van der Waals surface area (Å²) in [6, 6.07) is 16.9. The van der Waals surface area contributed by atoms with Gasteiger partial charge in [0.05, 0.1) is 16.0 Å². The van der Waals surface area contributed by atoms with Gasteiger partial charge >= 0.3 is 0 Å². The van der Waals surface area contributed by atoms with E-state index in [9.17, 15) is 13.7 Å². The van der Waals surface area contributed by atoms with Crippen molar-refractivity contribution in [1.29, 1.82) is 0 Å². The fourth-order valence-electron chi connectivity index (χ4n) is 2.39. The first-order valence-corrected chi connectivity index (χ1v) is 9.18. The van der Waals surface area contributed by atoms with Crippen LogP contribution in [0.4, 0.5) is 4.39 Å². The molecule has 2 aromatic carbocycles. The van der Waals surface area contributed by atoms with Crippen molar-refractivity contribution >= 4 is 10.8 Å². The second-order valence-corrected chi connectivity index (χ2v) is 7.85. The molecule has 2 N–H and O–H groups in total. The standard InChI is InChI=1S/C19H24FNO2S/c1-15-8-10-18(11-9-15)24(23)16(2)19(22,13-20)14-21-12-17-6-4-3-5-7-17/h3-11,16,21-22H,12-14H2,1-2H3/t16-,19+,24?/m0/s1. The van der Waals surface area contributed by atoms with E-state index in [2.05, 4.69) is 5.32 Å². The number of alkyl halides is 1. The Kier molecular flexibility index (Phi) is 6.66. The fraction of sp³-hybridized carbons (Fsp3) is 0.368. The monoisotopic (exact) mass is 349 g/mol. The molecule has 0 radical (unpaired) electrons.